The van der Waals surface area contributed by atoms with E-state index in [1.165, 1.54) is 22.3 Å². The molecule has 0 bridgehead atoms. The number of para-hydroxylation sites is 1. The molecule has 1 heterocycles. The third-order valence-electron chi connectivity index (χ3n) is 4.28. The van der Waals surface area contributed by atoms with Gasteiger partial charge in [-0.05, 0) is 24.3 Å². The van der Waals surface area contributed by atoms with Gasteiger partial charge < -0.3 is 4.90 Å². The highest BCUT2D eigenvalue weighted by molar-refractivity contribution is 7.99. The first kappa shape index (κ1) is 20.8. The second kappa shape index (κ2) is 10.0. The minimum atomic E-state index is -0.343. The van der Waals surface area contributed by atoms with Crippen LogP contribution in [0, 0.1) is 5.82 Å². The molecule has 28 heavy (non-hydrogen) atoms. The van der Waals surface area contributed by atoms with Crippen LogP contribution in [0.3, 0.4) is 0 Å². The Labute approximate surface area is 173 Å². The van der Waals surface area contributed by atoms with Gasteiger partial charge in [-0.15, -0.1) is 11.8 Å². The van der Waals surface area contributed by atoms with Crippen LogP contribution in [0.5, 0.6) is 0 Å². The lowest BCUT2D eigenvalue weighted by Crippen LogP contribution is -3.05. The molecule has 3 rings (SSSR count). The lowest BCUT2D eigenvalue weighted by atomic mass is 10.3. The summed E-state index contributed by atoms with van der Waals surface area (Å²) in [5.41, 5.74) is 0.345. The van der Waals surface area contributed by atoms with E-state index in [1.54, 1.807) is 22.7 Å². The number of nitrogens with one attached hydrogen (secondary N) is 1. The number of aromatic nitrogens is 1. The van der Waals surface area contributed by atoms with E-state index in [0.717, 1.165) is 22.6 Å². The normalized spacial score (nSPS) is 11.3. The van der Waals surface area contributed by atoms with Crippen molar-refractivity contribution in [2.24, 2.45) is 0 Å². The first-order valence-corrected chi connectivity index (χ1v) is 11.2. The first-order valence-electron chi connectivity index (χ1n) is 9.37. The van der Waals surface area contributed by atoms with Gasteiger partial charge in [-0.25, -0.2) is 9.37 Å². The molecule has 3 aromatic rings. The number of hydrogen-bond acceptors (Lipinski definition) is 4. The van der Waals surface area contributed by atoms with E-state index in [4.69, 9.17) is 0 Å². The van der Waals surface area contributed by atoms with Crippen molar-refractivity contribution < 1.29 is 14.1 Å². The zero-order valence-electron chi connectivity index (χ0n) is 16.2. The maximum atomic E-state index is 14.0. The van der Waals surface area contributed by atoms with E-state index in [-0.39, 0.29) is 11.7 Å². The molecule has 0 atom stereocenters. The van der Waals surface area contributed by atoms with E-state index >= 15 is 0 Å². The van der Waals surface area contributed by atoms with Gasteiger partial charge in [-0.2, -0.15) is 0 Å². The molecule has 1 N–H and O–H groups in total. The van der Waals surface area contributed by atoms with Crippen LogP contribution in [0.15, 0.2) is 53.4 Å². The van der Waals surface area contributed by atoms with Gasteiger partial charge in [0.1, 0.15) is 11.3 Å². The van der Waals surface area contributed by atoms with E-state index in [9.17, 15) is 9.18 Å². The summed E-state index contributed by atoms with van der Waals surface area (Å²) >= 11 is 3.05. The van der Waals surface area contributed by atoms with E-state index < -0.39 is 0 Å². The number of thiazole rings is 1. The average Bonchev–Trinajstić information content (AvgIpc) is 3.11. The van der Waals surface area contributed by atoms with E-state index in [1.807, 2.05) is 36.4 Å². The predicted molar refractivity (Wildman–Crippen MR) is 116 cm³/mol. The highest BCUT2D eigenvalue weighted by Crippen LogP contribution is 2.31. The summed E-state index contributed by atoms with van der Waals surface area (Å²) in [6.07, 6.45) is 1.30. The van der Waals surface area contributed by atoms with Crippen LogP contribution in [0.4, 0.5) is 9.52 Å². The van der Waals surface area contributed by atoms with Crippen molar-refractivity contribution in [1.29, 1.82) is 0 Å². The van der Waals surface area contributed by atoms with Crippen molar-refractivity contribution >= 4 is 44.4 Å². The number of benzene rings is 2. The zero-order valence-corrected chi connectivity index (χ0v) is 17.8. The Morgan fingerprint density at radius 2 is 1.96 bits per heavy atom. The molecule has 1 aromatic heterocycles. The summed E-state index contributed by atoms with van der Waals surface area (Å²) in [5, 5.41) is 0.587. The van der Waals surface area contributed by atoms with E-state index in [2.05, 4.69) is 19.1 Å². The maximum Gasteiger partial charge on any atom is 0.229 e. The molecular formula is C21H25FN3OS2+. The van der Waals surface area contributed by atoms with Gasteiger partial charge in [-0.3, -0.25) is 9.69 Å². The fourth-order valence-corrected chi connectivity index (χ4v) is 4.73. The third kappa shape index (κ3) is 5.53. The standard InChI is InChI=1S/C21H24FN3OS2/c1-24(2)13-7-14-25(19(26)12-15-27-16-8-4-3-5-9-16)21-23-20-17(22)10-6-11-18(20)28-21/h3-6,8-11H,7,12-15H2,1-2H3/p+1. The lowest BCUT2D eigenvalue weighted by molar-refractivity contribution is -0.858. The molecule has 0 spiro atoms. The quantitative estimate of drug-likeness (QED) is 0.541. The van der Waals surface area contributed by atoms with Gasteiger partial charge in [0.2, 0.25) is 5.91 Å². The topological polar surface area (TPSA) is 37.6 Å². The number of quaternary nitrogens is 1. The van der Waals surface area contributed by atoms with Gasteiger partial charge in [-0.1, -0.05) is 35.6 Å². The molecule has 2 aromatic carbocycles. The van der Waals surface area contributed by atoms with Crippen LogP contribution < -0.4 is 9.80 Å². The van der Waals surface area contributed by atoms with Crippen LogP contribution >= 0.6 is 23.1 Å². The van der Waals surface area contributed by atoms with Crippen molar-refractivity contribution in [2.75, 3.05) is 37.8 Å². The van der Waals surface area contributed by atoms with Gasteiger partial charge >= 0.3 is 0 Å². The average molecular weight is 419 g/mol. The largest absolute Gasteiger partial charge is 0.340 e. The fraction of sp³-hybridized carbons (Fsp3) is 0.333. The predicted octanol–water partition coefficient (Wildman–Crippen LogP) is 3.49. The number of rotatable bonds is 9. The molecule has 0 aliphatic rings. The van der Waals surface area contributed by atoms with Crippen molar-refractivity contribution in [3.8, 4) is 0 Å². The van der Waals surface area contributed by atoms with Crippen molar-refractivity contribution in [2.45, 2.75) is 17.7 Å². The van der Waals surface area contributed by atoms with Crippen molar-refractivity contribution in [1.82, 2.24) is 4.98 Å². The summed E-state index contributed by atoms with van der Waals surface area (Å²) in [4.78, 5) is 21.6. The molecule has 0 unspecified atom stereocenters. The number of amides is 1. The summed E-state index contributed by atoms with van der Waals surface area (Å²) in [5.74, 6) is 0.402. The minimum Gasteiger partial charge on any atom is -0.340 e. The molecule has 0 aliphatic heterocycles. The summed E-state index contributed by atoms with van der Waals surface area (Å²) in [6, 6.07) is 15.0. The molecule has 7 heteroatoms. The molecule has 0 saturated carbocycles. The third-order valence-corrected chi connectivity index (χ3v) is 6.33. The number of carbonyl (C=O) groups excluding carboxylic acids is 1. The van der Waals surface area contributed by atoms with Crippen LogP contribution in [0.2, 0.25) is 0 Å². The van der Waals surface area contributed by atoms with Gasteiger partial charge in [0.05, 0.1) is 25.3 Å². The van der Waals surface area contributed by atoms with Gasteiger partial charge in [0.25, 0.3) is 0 Å². The van der Waals surface area contributed by atoms with Crippen molar-refractivity contribution in [3.05, 3.63) is 54.3 Å². The second-order valence-corrected chi connectivity index (χ2v) is 9.03. The minimum absolute atomic E-state index is 0.0386. The Morgan fingerprint density at radius 1 is 1.18 bits per heavy atom. The number of hydrogen-bond donors (Lipinski definition) is 1. The molecule has 0 saturated heterocycles. The smallest absolute Gasteiger partial charge is 0.229 e. The Morgan fingerprint density at radius 3 is 2.68 bits per heavy atom. The molecule has 0 radical (unpaired) electrons. The fourth-order valence-electron chi connectivity index (χ4n) is 2.84. The van der Waals surface area contributed by atoms with Crippen LogP contribution in [-0.4, -0.2) is 43.8 Å². The number of nitrogens with zero attached hydrogens (tertiary/aromatic N) is 2. The Hall–Kier alpha value is -1.96. The lowest BCUT2D eigenvalue weighted by Gasteiger charge is -2.20. The number of thioether (sulfide) groups is 1. The summed E-state index contributed by atoms with van der Waals surface area (Å²) < 4.78 is 14.8. The molecule has 1 amide bonds. The number of fused-ring (bicyclic) bond motifs is 1. The number of halogens is 1. The number of anilines is 1. The Balaban J connectivity index is 1.71. The Kier molecular flexibility index (Phi) is 7.42. The van der Waals surface area contributed by atoms with Crippen LogP contribution in [-0.2, 0) is 4.79 Å². The summed E-state index contributed by atoms with van der Waals surface area (Å²) in [7, 11) is 4.19. The first-order chi connectivity index (χ1) is 13.5. The molecule has 148 valence electrons. The monoisotopic (exact) mass is 418 g/mol. The maximum absolute atomic E-state index is 14.0. The van der Waals surface area contributed by atoms with Gasteiger partial charge in [0.15, 0.2) is 5.13 Å². The van der Waals surface area contributed by atoms with Crippen LogP contribution in [0.1, 0.15) is 12.8 Å². The second-order valence-electron chi connectivity index (χ2n) is 6.85. The van der Waals surface area contributed by atoms with E-state index in [0.29, 0.717) is 29.4 Å². The van der Waals surface area contributed by atoms with Crippen LogP contribution in [0.25, 0.3) is 10.2 Å². The highest BCUT2D eigenvalue weighted by atomic mass is 32.2. The summed E-state index contributed by atoms with van der Waals surface area (Å²) in [6.45, 7) is 1.56. The molecular weight excluding hydrogens is 393 g/mol. The molecule has 4 nitrogen and oxygen atoms in total. The molecule has 0 aliphatic carbocycles. The highest BCUT2D eigenvalue weighted by Gasteiger charge is 2.20. The zero-order chi connectivity index (χ0) is 19.9. The number of carbonyl (C=O) groups is 1. The van der Waals surface area contributed by atoms with Crippen molar-refractivity contribution in [3.63, 3.8) is 0 Å². The SMILES string of the molecule is C[NH+](C)CCCN(C(=O)CCSc1ccccc1)c1nc2c(F)cccc2s1. The van der Waals surface area contributed by atoms with Gasteiger partial charge in [0, 0.05) is 30.0 Å². The Bertz CT molecular complexity index is 914. The molecule has 0 fully saturated rings.